The van der Waals surface area contributed by atoms with Crippen LogP contribution in [-0.4, -0.2) is 54.4 Å². The molecule has 6 nitrogen and oxygen atoms in total. The van der Waals surface area contributed by atoms with Crippen LogP contribution in [0.5, 0.6) is 0 Å². The average molecular weight is 284 g/mol. The molecule has 2 aliphatic heterocycles. The van der Waals surface area contributed by atoms with Gasteiger partial charge in [-0.25, -0.2) is 9.59 Å². The highest BCUT2D eigenvalue weighted by Gasteiger charge is 2.40. The Kier molecular flexibility index (Phi) is 4.52. The zero-order valence-electron chi connectivity index (χ0n) is 12.2. The third-order valence-corrected chi connectivity index (χ3v) is 4.58. The van der Waals surface area contributed by atoms with Gasteiger partial charge in [0, 0.05) is 26.3 Å². The van der Waals surface area contributed by atoms with E-state index in [1.165, 1.54) is 4.90 Å². The molecule has 2 N–H and O–H groups in total. The fourth-order valence-electron chi connectivity index (χ4n) is 2.98. The fourth-order valence-corrected chi connectivity index (χ4v) is 2.98. The van der Waals surface area contributed by atoms with E-state index in [1.807, 2.05) is 6.92 Å². The van der Waals surface area contributed by atoms with E-state index in [1.54, 1.807) is 0 Å². The van der Waals surface area contributed by atoms with Crippen molar-refractivity contribution in [3.05, 3.63) is 0 Å². The summed E-state index contributed by atoms with van der Waals surface area (Å²) in [4.78, 5) is 24.9. The molecule has 2 atom stereocenters. The fraction of sp³-hybridized carbons (Fsp3) is 0.857. The summed E-state index contributed by atoms with van der Waals surface area (Å²) in [6.07, 6.45) is 2.59. The van der Waals surface area contributed by atoms with Gasteiger partial charge >= 0.3 is 12.0 Å². The molecule has 2 amide bonds. The monoisotopic (exact) mass is 284 g/mol. The van der Waals surface area contributed by atoms with Gasteiger partial charge in [-0.2, -0.15) is 0 Å². The molecule has 2 heterocycles. The summed E-state index contributed by atoms with van der Waals surface area (Å²) in [5, 5.41) is 12.1. The van der Waals surface area contributed by atoms with Crippen molar-refractivity contribution in [2.24, 2.45) is 11.3 Å². The number of nitrogens with one attached hydrogen (secondary N) is 1. The van der Waals surface area contributed by atoms with Gasteiger partial charge in [-0.15, -0.1) is 0 Å². The molecule has 2 rings (SSSR count). The Balaban J connectivity index is 1.89. The Hall–Kier alpha value is -1.30. The van der Waals surface area contributed by atoms with Crippen molar-refractivity contribution < 1.29 is 19.4 Å². The number of carbonyl (C=O) groups excluding carboxylic acids is 1. The summed E-state index contributed by atoms with van der Waals surface area (Å²) in [6, 6.07) is -0.952. The highest BCUT2D eigenvalue weighted by Crippen LogP contribution is 2.29. The number of carbonyl (C=O) groups is 2. The van der Waals surface area contributed by atoms with Gasteiger partial charge < -0.3 is 20.1 Å². The zero-order valence-corrected chi connectivity index (χ0v) is 12.2. The maximum absolute atomic E-state index is 12.2. The molecule has 0 radical (unpaired) electrons. The number of carboxylic acids is 1. The summed E-state index contributed by atoms with van der Waals surface area (Å²) < 4.78 is 5.33. The lowest BCUT2D eigenvalue weighted by Gasteiger charge is -2.34. The third-order valence-electron chi connectivity index (χ3n) is 4.58. The van der Waals surface area contributed by atoms with Crippen molar-refractivity contribution in [3.63, 3.8) is 0 Å². The summed E-state index contributed by atoms with van der Waals surface area (Å²) in [6.45, 7) is 6.56. The van der Waals surface area contributed by atoms with Gasteiger partial charge in [-0.05, 0) is 30.6 Å². The van der Waals surface area contributed by atoms with Crippen LogP contribution < -0.4 is 5.32 Å². The van der Waals surface area contributed by atoms with Crippen LogP contribution in [0, 0.1) is 11.3 Å². The zero-order chi connectivity index (χ0) is 14.8. The number of likely N-dealkylation sites (tertiary alicyclic amines) is 1. The lowest BCUT2D eigenvalue weighted by atomic mass is 9.82. The maximum atomic E-state index is 12.2. The predicted molar refractivity (Wildman–Crippen MR) is 73.5 cm³/mol. The summed E-state index contributed by atoms with van der Waals surface area (Å²) in [5.74, 6) is -0.903. The van der Waals surface area contributed by atoms with Crippen molar-refractivity contribution in [2.75, 3.05) is 26.3 Å². The largest absolute Gasteiger partial charge is 0.480 e. The Morgan fingerprint density at radius 1 is 1.40 bits per heavy atom. The highest BCUT2D eigenvalue weighted by molar-refractivity contribution is 5.83. The smallest absolute Gasteiger partial charge is 0.326 e. The first-order chi connectivity index (χ1) is 9.43. The SMILES string of the molecule is CC1CCN(C(=O)NCC2(C)CCOCC2)C1C(=O)O. The van der Waals surface area contributed by atoms with Gasteiger partial charge in [0.1, 0.15) is 6.04 Å². The van der Waals surface area contributed by atoms with Crippen LogP contribution in [-0.2, 0) is 9.53 Å². The van der Waals surface area contributed by atoms with Gasteiger partial charge in [0.15, 0.2) is 0 Å². The van der Waals surface area contributed by atoms with E-state index in [-0.39, 0.29) is 17.4 Å². The average Bonchev–Trinajstić information content (AvgIpc) is 2.79. The Morgan fingerprint density at radius 3 is 2.65 bits per heavy atom. The molecular formula is C14H24N2O4. The predicted octanol–water partition coefficient (Wildman–Crippen LogP) is 1.31. The van der Waals surface area contributed by atoms with E-state index in [0.29, 0.717) is 13.1 Å². The molecular weight excluding hydrogens is 260 g/mol. The normalized spacial score (nSPS) is 29.2. The molecule has 0 aromatic rings. The maximum Gasteiger partial charge on any atom is 0.326 e. The highest BCUT2D eigenvalue weighted by atomic mass is 16.5. The number of ether oxygens (including phenoxy) is 1. The second-order valence-electron chi connectivity index (χ2n) is 6.32. The molecule has 0 bridgehead atoms. The summed E-state index contributed by atoms with van der Waals surface area (Å²) >= 11 is 0. The number of carboxylic acid groups (broad SMARTS) is 1. The molecule has 2 fully saturated rings. The number of hydrogen-bond donors (Lipinski definition) is 2. The Labute approximate surface area is 119 Å². The first-order valence-corrected chi connectivity index (χ1v) is 7.28. The van der Waals surface area contributed by atoms with Crippen molar-refractivity contribution in [1.29, 1.82) is 0 Å². The second kappa shape index (κ2) is 5.99. The van der Waals surface area contributed by atoms with Crippen LogP contribution >= 0.6 is 0 Å². The third kappa shape index (κ3) is 3.23. The molecule has 114 valence electrons. The molecule has 0 spiro atoms. The Morgan fingerprint density at radius 2 is 2.05 bits per heavy atom. The van der Waals surface area contributed by atoms with E-state index in [9.17, 15) is 14.7 Å². The van der Waals surface area contributed by atoms with E-state index < -0.39 is 12.0 Å². The van der Waals surface area contributed by atoms with E-state index >= 15 is 0 Å². The van der Waals surface area contributed by atoms with Crippen molar-refractivity contribution in [2.45, 2.75) is 39.2 Å². The number of amides is 2. The molecule has 0 aromatic heterocycles. The number of urea groups is 1. The number of rotatable bonds is 3. The molecule has 0 saturated carbocycles. The van der Waals surface area contributed by atoms with Gasteiger partial charge in [0.25, 0.3) is 0 Å². The minimum Gasteiger partial charge on any atom is -0.480 e. The van der Waals surface area contributed by atoms with Gasteiger partial charge in [-0.1, -0.05) is 13.8 Å². The molecule has 0 aromatic carbocycles. The lowest BCUT2D eigenvalue weighted by molar-refractivity contribution is -0.142. The van der Waals surface area contributed by atoms with Crippen molar-refractivity contribution in [3.8, 4) is 0 Å². The van der Waals surface area contributed by atoms with E-state index in [0.717, 1.165) is 32.5 Å². The summed E-state index contributed by atoms with van der Waals surface area (Å²) in [5.41, 5.74) is 0.0535. The quantitative estimate of drug-likeness (QED) is 0.819. The number of aliphatic carboxylic acids is 1. The van der Waals surface area contributed by atoms with Crippen LogP contribution in [0.25, 0.3) is 0 Å². The standard InChI is InChI=1S/C14H24N2O4/c1-10-3-6-16(11(10)12(17)18)13(19)15-9-14(2)4-7-20-8-5-14/h10-11H,3-9H2,1-2H3,(H,15,19)(H,17,18). The molecule has 0 aliphatic carbocycles. The minimum absolute atomic E-state index is 0.0110. The van der Waals surface area contributed by atoms with Crippen molar-refractivity contribution in [1.82, 2.24) is 10.2 Å². The second-order valence-corrected chi connectivity index (χ2v) is 6.32. The van der Waals surface area contributed by atoms with E-state index in [2.05, 4.69) is 12.2 Å². The van der Waals surface area contributed by atoms with Crippen LogP contribution in [0.4, 0.5) is 4.79 Å². The van der Waals surface area contributed by atoms with E-state index in [4.69, 9.17) is 4.74 Å². The molecule has 2 unspecified atom stereocenters. The van der Waals surface area contributed by atoms with Gasteiger partial charge in [0.2, 0.25) is 0 Å². The molecule has 20 heavy (non-hydrogen) atoms. The van der Waals surface area contributed by atoms with Crippen LogP contribution in [0.1, 0.15) is 33.1 Å². The van der Waals surface area contributed by atoms with Crippen LogP contribution in [0.2, 0.25) is 0 Å². The topological polar surface area (TPSA) is 78.9 Å². The minimum atomic E-state index is -0.914. The molecule has 6 heteroatoms. The summed E-state index contributed by atoms with van der Waals surface area (Å²) in [7, 11) is 0. The number of hydrogen-bond acceptors (Lipinski definition) is 3. The van der Waals surface area contributed by atoms with Gasteiger partial charge in [0.05, 0.1) is 0 Å². The van der Waals surface area contributed by atoms with Crippen LogP contribution in [0.3, 0.4) is 0 Å². The van der Waals surface area contributed by atoms with Crippen molar-refractivity contribution >= 4 is 12.0 Å². The first-order valence-electron chi connectivity index (χ1n) is 7.28. The Bertz CT molecular complexity index is 379. The van der Waals surface area contributed by atoms with Gasteiger partial charge in [-0.3, -0.25) is 0 Å². The first kappa shape index (κ1) is 15.1. The molecule has 2 aliphatic rings. The number of nitrogens with zero attached hydrogens (tertiary/aromatic N) is 1. The molecule has 2 saturated heterocycles. The lowest BCUT2D eigenvalue weighted by Crippen LogP contribution is -2.50. The van der Waals surface area contributed by atoms with Crippen LogP contribution in [0.15, 0.2) is 0 Å².